The van der Waals surface area contributed by atoms with Gasteiger partial charge in [0.05, 0.1) is 0 Å². The molecule has 3 heteroatoms. The van der Waals surface area contributed by atoms with Gasteiger partial charge >= 0.3 is 0 Å². The van der Waals surface area contributed by atoms with Crippen molar-refractivity contribution in [3.05, 3.63) is 24.0 Å². The highest BCUT2D eigenvalue weighted by Gasteiger charge is 2.15. The molecule has 9 heavy (non-hydrogen) atoms. The maximum atomic E-state index is 9.19. The van der Waals surface area contributed by atoms with E-state index in [1.165, 1.54) is 0 Å². The molecule has 3 nitrogen and oxygen atoms in total. The van der Waals surface area contributed by atoms with Crippen LogP contribution in [0.4, 0.5) is 0 Å². The third-order valence-corrected chi connectivity index (χ3v) is 1.13. The molecule has 0 amide bonds. The van der Waals surface area contributed by atoms with Gasteiger partial charge in [-0.3, -0.25) is 0 Å². The molecule has 0 aromatic heterocycles. The first-order valence-electron chi connectivity index (χ1n) is 2.75. The Balaban J connectivity index is 2.70. The summed E-state index contributed by atoms with van der Waals surface area (Å²) in [4.78, 5) is 0. The van der Waals surface area contributed by atoms with Crippen molar-refractivity contribution >= 4 is 0 Å². The van der Waals surface area contributed by atoms with Gasteiger partial charge in [0.25, 0.3) is 0 Å². The predicted octanol–water partition coefficient (Wildman–Crippen LogP) is -0.346. The fraction of sp³-hybridized carbons (Fsp3) is 0.333. The van der Waals surface area contributed by atoms with Crippen LogP contribution in [-0.2, 0) is 0 Å². The van der Waals surface area contributed by atoms with E-state index in [1.807, 2.05) is 0 Å². The van der Waals surface area contributed by atoms with Crippen LogP contribution in [0.2, 0.25) is 0 Å². The third-order valence-electron chi connectivity index (χ3n) is 1.13. The minimum atomic E-state index is -0.928. The van der Waals surface area contributed by atoms with Gasteiger partial charge in [0.15, 0.2) is 5.72 Å². The van der Waals surface area contributed by atoms with Crippen molar-refractivity contribution in [1.82, 2.24) is 5.32 Å². The van der Waals surface area contributed by atoms with E-state index < -0.39 is 5.72 Å². The second kappa shape index (κ2) is 1.77. The number of aliphatic hydroxyl groups is 1. The van der Waals surface area contributed by atoms with Gasteiger partial charge in [-0.1, -0.05) is 0 Å². The van der Waals surface area contributed by atoms with E-state index in [-0.39, 0.29) is 0 Å². The van der Waals surface area contributed by atoms with E-state index in [2.05, 4.69) is 5.32 Å². The summed E-state index contributed by atoms with van der Waals surface area (Å²) in [7, 11) is 0. The Morgan fingerprint density at radius 1 is 1.78 bits per heavy atom. The van der Waals surface area contributed by atoms with Gasteiger partial charge in [0, 0.05) is 11.9 Å². The van der Waals surface area contributed by atoms with Crippen LogP contribution in [0.1, 0.15) is 6.92 Å². The molecule has 0 spiro atoms. The molecule has 1 aliphatic heterocycles. The highest BCUT2D eigenvalue weighted by atomic mass is 16.3. The fourth-order valence-electron chi connectivity index (χ4n) is 0.584. The van der Waals surface area contributed by atoms with Crippen molar-refractivity contribution in [2.24, 2.45) is 5.73 Å². The second-order valence-corrected chi connectivity index (χ2v) is 2.27. The minimum absolute atomic E-state index is 0.626. The maximum Gasteiger partial charge on any atom is 0.151 e. The van der Waals surface area contributed by atoms with Gasteiger partial charge < -0.3 is 16.2 Å². The van der Waals surface area contributed by atoms with Gasteiger partial charge in [-0.05, 0) is 19.1 Å². The number of allylic oxidation sites excluding steroid dienone is 1. The lowest BCUT2D eigenvalue weighted by atomic mass is 10.2. The summed E-state index contributed by atoms with van der Waals surface area (Å²) in [5, 5.41) is 11.9. The first-order valence-corrected chi connectivity index (χ1v) is 2.75. The summed E-state index contributed by atoms with van der Waals surface area (Å²) in [5.41, 5.74) is 5.06. The molecule has 50 valence electrons. The quantitative estimate of drug-likeness (QED) is 0.416. The van der Waals surface area contributed by atoms with Crippen LogP contribution in [0.25, 0.3) is 0 Å². The van der Waals surface area contributed by atoms with Crippen LogP contribution in [-0.4, -0.2) is 10.8 Å². The van der Waals surface area contributed by atoms with Crippen molar-refractivity contribution in [3.8, 4) is 0 Å². The summed E-state index contributed by atoms with van der Waals surface area (Å²) in [6.07, 6.45) is 4.83. The molecule has 0 saturated heterocycles. The van der Waals surface area contributed by atoms with Crippen LogP contribution in [0.5, 0.6) is 0 Å². The molecular weight excluding hydrogens is 116 g/mol. The normalized spacial score (nSPS) is 33.3. The van der Waals surface area contributed by atoms with Crippen molar-refractivity contribution < 1.29 is 5.11 Å². The van der Waals surface area contributed by atoms with Crippen molar-refractivity contribution in [2.45, 2.75) is 12.6 Å². The van der Waals surface area contributed by atoms with Crippen molar-refractivity contribution in [1.29, 1.82) is 0 Å². The van der Waals surface area contributed by atoms with E-state index in [4.69, 9.17) is 5.73 Å². The Kier molecular flexibility index (Phi) is 1.21. The van der Waals surface area contributed by atoms with Crippen LogP contribution in [0.3, 0.4) is 0 Å². The first kappa shape index (κ1) is 6.16. The molecule has 1 unspecified atom stereocenters. The molecule has 0 fully saturated rings. The molecular formula is C6H10N2O. The van der Waals surface area contributed by atoms with Crippen molar-refractivity contribution in [3.63, 3.8) is 0 Å². The monoisotopic (exact) mass is 126 g/mol. The first-order chi connectivity index (χ1) is 4.10. The molecule has 1 atom stereocenters. The van der Waals surface area contributed by atoms with Crippen LogP contribution in [0.15, 0.2) is 24.0 Å². The zero-order valence-electron chi connectivity index (χ0n) is 5.26. The second-order valence-electron chi connectivity index (χ2n) is 2.27. The lowest BCUT2D eigenvalue weighted by molar-refractivity contribution is 0.0876. The molecule has 4 N–H and O–H groups in total. The molecule has 0 aromatic carbocycles. The number of hydrogen-bond donors (Lipinski definition) is 3. The summed E-state index contributed by atoms with van der Waals surface area (Å²) in [6, 6.07) is 0. The Bertz CT molecular complexity index is 170. The summed E-state index contributed by atoms with van der Waals surface area (Å²) < 4.78 is 0. The molecule has 1 heterocycles. The van der Waals surface area contributed by atoms with Crippen LogP contribution in [0, 0.1) is 0 Å². The van der Waals surface area contributed by atoms with Gasteiger partial charge in [-0.2, -0.15) is 0 Å². The van der Waals surface area contributed by atoms with Gasteiger partial charge in [0.2, 0.25) is 0 Å². The summed E-state index contributed by atoms with van der Waals surface area (Å²) in [5.74, 6) is 0. The smallest absolute Gasteiger partial charge is 0.151 e. The number of nitrogens with two attached hydrogens (primary N) is 1. The molecule has 0 saturated carbocycles. The average Bonchev–Trinajstić information content (AvgIpc) is 1.78. The van der Waals surface area contributed by atoms with Crippen molar-refractivity contribution in [2.75, 3.05) is 0 Å². The Labute approximate surface area is 53.9 Å². The molecule has 1 rings (SSSR count). The number of nitrogens with one attached hydrogen (secondary N) is 1. The van der Waals surface area contributed by atoms with E-state index in [0.29, 0.717) is 5.70 Å². The van der Waals surface area contributed by atoms with Crippen LogP contribution < -0.4 is 11.1 Å². The SMILES string of the molecule is CC1(O)C=CC(N)=CN1. The fourth-order valence-corrected chi connectivity index (χ4v) is 0.584. The number of rotatable bonds is 0. The van der Waals surface area contributed by atoms with Gasteiger partial charge in [0.1, 0.15) is 0 Å². The molecule has 0 aromatic rings. The van der Waals surface area contributed by atoms with E-state index in [0.717, 1.165) is 0 Å². The van der Waals surface area contributed by atoms with Crippen LogP contribution >= 0.6 is 0 Å². The zero-order chi connectivity index (χ0) is 6.91. The van der Waals surface area contributed by atoms with E-state index in [1.54, 1.807) is 25.3 Å². The molecule has 0 bridgehead atoms. The highest BCUT2D eigenvalue weighted by molar-refractivity contribution is 5.22. The maximum absolute atomic E-state index is 9.19. The lowest BCUT2D eigenvalue weighted by Crippen LogP contribution is -2.38. The Morgan fingerprint density at radius 3 is 2.78 bits per heavy atom. The minimum Gasteiger partial charge on any atom is -0.398 e. The zero-order valence-corrected chi connectivity index (χ0v) is 5.26. The average molecular weight is 126 g/mol. The van der Waals surface area contributed by atoms with E-state index >= 15 is 0 Å². The largest absolute Gasteiger partial charge is 0.398 e. The van der Waals surface area contributed by atoms with Gasteiger partial charge in [-0.25, -0.2) is 0 Å². The van der Waals surface area contributed by atoms with E-state index in [9.17, 15) is 5.11 Å². The topological polar surface area (TPSA) is 58.3 Å². The number of hydrogen-bond acceptors (Lipinski definition) is 3. The summed E-state index contributed by atoms with van der Waals surface area (Å²) >= 11 is 0. The standard InChI is InChI=1S/C6H10N2O/c1-6(9)3-2-5(7)4-8-6/h2-4,8-9H,7H2,1H3. The van der Waals surface area contributed by atoms with Gasteiger partial charge in [-0.15, -0.1) is 0 Å². The summed E-state index contributed by atoms with van der Waals surface area (Å²) in [6.45, 7) is 1.65. The molecule has 0 aliphatic carbocycles. The Morgan fingerprint density at radius 2 is 2.44 bits per heavy atom. The molecule has 1 aliphatic rings. The lowest BCUT2D eigenvalue weighted by Gasteiger charge is -2.22. The molecule has 0 radical (unpaired) electrons. The third kappa shape index (κ3) is 1.47. The highest BCUT2D eigenvalue weighted by Crippen LogP contribution is 2.06. The predicted molar refractivity (Wildman–Crippen MR) is 35.2 cm³/mol. The number of dihydropyridines is 1. The Hall–Kier alpha value is -0.960.